The van der Waals surface area contributed by atoms with Crippen LogP contribution in [0.15, 0.2) is 0 Å². The number of hydrogen-bond acceptors (Lipinski definition) is 4. The molecule has 2 rings (SSSR count). The molecule has 0 aromatic rings. The van der Waals surface area contributed by atoms with Crippen LogP contribution in [0.25, 0.3) is 0 Å². The van der Waals surface area contributed by atoms with Crippen LogP contribution in [-0.4, -0.2) is 40.2 Å². The van der Waals surface area contributed by atoms with E-state index in [2.05, 4.69) is 0 Å². The minimum Gasteiger partial charge on any atom is -0.396 e. The Kier molecular flexibility index (Phi) is 3.03. The molecule has 0 bridgehead atoms. The third kappa shape index (κ3) is 1.60. The van der Waals surface area contributed by atoms with Gasteiger partial charge in [-0.15, -0.1) is 0 Å². The van der Waals surface area contributed by atoms with E-state index in [1.165, 1.54) is 0 Å². The van der Waals surface area contributed by atoms with Crippen LogP contribution in [0, 0.1) is 11.3 Å². The predicted molar refractivity (Wildman–Crippen MR) is 56.1 cm³/mol. The van der Waals surface area contributed by atoms with E-state index >= 15 is 0 Å². The molecule has 2 aliphatic carbocycles. The van der Waals surface area contributed by atoms with Gasteiger partial charge in [0.25, 0.3) is 0 Å². The molecule has 0 aliphatic heterocycles. The van der Waals surface area contributed by atoms with Crippen LogP contribution in [-0.2, 0) is 0 Å². The topological polar surface area (TPSA) is 86.7 Å². The first-order valence-corrected chi connectivity index (χ1v) is 5.84. The van der Waals surface area contributed by atoms with Crippen molar-refractivity contribution in [2.24, 2.45) is 17.1 Å². The lowest BCUT2D eigenvalue weighted by atomic mass is 9.61. The first kappa shape index (κ1) is 11.3. The predicted octanol–water partition coefficient (Wildman–Crippen LogP) is -0.392. The summed E-state index contributed by atoms with van der Waals surface area (Å²) in [6.45, 7) is 0.0669. The Hall–Kier alpha value is -0.160. The molecule has 0 aromatic carbocycles. The summed E-state index contributed by atoms with van der Waals surface area (Å²) in [7, 11) is 0. The molecule has 4 nitrogen and oxygen atoms in total. The lowest BCUT2D eigenvalue weighted by molar-refractivity contribution is -0.109. The van der Waals surface area contributed by atoms with Gasteiger partial charge in [0.2, 0.25) is 0 Å². The average Bonchev–Trinajstić information content (AvgIpc) is 2.71. The van der Waals surface area contributed by atoms with Crippen molar-refractivity contribution in [3.05, 3.63) is 0 Å². The Labute approximate surface area is 90.1 Å². The van der Waals surface area contributed by atoms with E-state index < -0.39 is 12.2 Å². The van der Waals surface area contributed by atoms with Crippen molar-refractivity contribution >= 4 is 0 Å². The molecule has 2 saturated carbocycles. The van der Waals surface area contributed by atoms with Gasteiger partial charge in [0.15, 0.2) is 0 Å². The minimum absolute atomic E-state index is 0.0494. The zero-order chi connectivity index (χ0) is 11.1. The van der Waals surface area contributed by atoms with E-state index in [9.17, 15) is 15.3 Å². The highest BCUT2D eigenvalue weighted by Gasteiger charge is 2.53. The third-order valence-corrected chi connectivity index (χ3v) is 4.52. The summed E-state index contributed by atoms with van der Waals surface area (Å²) in [4.78, 5) is 0. The quantitative estimate of drug-likeness (QED) is 0.480. The van der Waals surface area contributed by atoms with E-state index in [1.807, 2.05) is 0 Å². The van der Waals surface area contributed by atoms with Gasteiger partial charge < -0.3 is 21.1 Å². The molecule has 5 N–H and O–H groups in total. The molecule has 2 aliphatic rings. The maximum atomic E-state index is 9.83. The second-order valence-electron chi connectivity index (χ2n) is 5.14. The summed E-state index contributed by atoms with van der Waals surface area (Å²) < 4.78 is 0. The van der Waals surface area contributed by atoms with E-state index in [-0.39, 0.29) is 24.0 Å². The lowest BCUT2D eigenvalue weighted by Gasteiger charge is -2.49. The molecule has 0 unspecified atom stereocenters. The molecule has 0 amide bonds. The van der Waals surface area contributed by atoms with Gasteiger partial charge in [0.1, 0.15) is 0 Å². The highest BCUT2D eigenvalue weighted by molar-refractivity contribution is 5.06. The molecule has 4 heteroatoms. The van der Waals surface area contributed by atoms with Gasteiger partial charge in [-0.05, 0) is 30.6 Å². The van der Waals surface area contributed by atoms with Crippen LogP contribution in [0.5, 0.6) is 0 Å². The van der Waals surface area contributed by atoms with E-state index in [1.54, 1.807) is 0 Å². The molecule has 0 saturated heterocycles. The number of rotatable bonds is 1. The van der Waals surface area contributed by atoms with Crippen LogP contribution >= 0.6 is 0 Å². The Morgan fingerprint density at radius 1 is 1.20 bits per heavy atom. The minimum atomic E-state index is -0.828. The molecule has 15 heavy (non-hydrogen) atoms. The summed E-state index contributed by atoms with van der Waals surface area (Å²) in [6, 6.07) is -0.388. The molecular formula is C11H21NO3. The first-order valence-electron chi connectivity index (χ1n) is 5.84. The smallest absolute Gasteiger partial charge is 0.0955 e. The molecule has 1 spiro atoms. The molecule has 88 valence electrons. The molecule has 0 radical (unpaired) electrons. The highest BCUT2D eigenvalue weighted by atomic mass is 16.3. The Morgan fingerprint density at radius 3 is 2.33 bits per heavy atom. The lowest BCUT2D eigenvalue weighted by Crippen LogP contribution is -2.61. The highest BCUT2D eigenvalue weighted by Crippen LogP contribution is 2.51. The Balaban J connectivity index is 2.24. The van der Waals surface area contributed by atoms with Crippen molar-refractivity contribution in [3.8, 4) is 0 Å². The fourth-order valence-electron chi connectivity index (χ4n) is 3.55. The molecule has 0 heterocycles. The van der Waals surface area contributed by atoms with E-state index in [0.29, 0.717) is 6.42 Å². The zero-order valence-corrected chi connectivity index (χ0v) is 8.97. The number of hydrogen-bond donors (Lipinski definition) is 4. The van der Waals surface area contributed by atoms with Crippen molar-refractivity contribution in [2.45, 2.75) is 50.4 Å². The second kappa shape index (κ2) is 4.01. The van der Waals surface area contributed by atoms with Gasteiger partial charge in [-0.3, -0.25) is 0 Å². The van der Waals surface area contributed by atoms with E-state index in [0.717, 1.165) is 25.7 Å². The van der Waals surface area contributed by atoms with Crippen LogP contribution in [0.4, 0.5) is 0 Å². The van der Waals surface area contributed by atoms with Gasteiger partial charge in [-0.2, -0.15) is 0 Å². The Bertz CT molecular complexity index is 224. The van der Waals surface area contributed by atoms with E-state index in [4.69, 9.17) is 5.73 Å². The second-order valence-corrected chi connectivity index (χ2v) is 5.14. The first-order chi connectivity index (χ1) is 7.12. The van der Waals surface area contributed by atoms with Gasteiger partial charge in [0.05, 0.1) is 12.2 Å². The summed E-state index contributed by atoms with van der Waals surface area (Å²) in [5, 5.41) is 28.9. The normalized spacial score (nSPS) is 44.8. The summed E-state index contributed by atoms with van der Waals surface area (Å²) in [6.07, 6.45) is 3.06. The maximum absolute atomic E-state index is 9.83. The van der Waals surface area contributed by atoms with Crippen LogP contribution < -0.4 is 5.73 Å². The maximum Gasteiger partial charge on any atom is 0.0955 e. The van der Waals surface area contributed by atoms with Crippen molar-refractivity contribution in [1.82, 2.24) is 0 Å². The van der Waals surface area contributed by atoms with Crippen molar-refractivity contribution in [2.75, 3.05) is 6.61 Å². The van der Waals surface area contributed by atoms with Gasteiger partial charge in [-0.25, -0.2) is 0 Å². The zero-order valence-electron chi connectivity index (χ0n) is 8.97. The van der Waals surface area contributed by atoms with Crippen LogP contribution in [0.2, 0.25) is 0 Å². The number of aliphatic hydroxyl groups is 3. The monoisotopic (exact) mass is 215 g/mol. The van der Waals surface area contributed by atoms with Crippen molar-refractivity contribution < 1.29 is 15.3 Å². The standard InChI is InChI=1S/C11H21NO3/c12-10-9(15)8(14)5-7(6-13)11(10)3-1-2-4-11/h7-10,13-15H,1-6,12H2/t7-,8-,9+,10-/m1/s1. The molecule has 2 fully saturated rings. The average molecular weight is 215 g/mol. The molecule has 0 aromatic heterocycles. The number of nitrogens with two attached hydrogens (primary N) is 1. The SMILES string of the molecule is N[C@@H]1[C@@H](O)[C@H](O)C[C@H](CO)C12CCCC2. The third-order valence-electron chi connectivity index (χ3n) is 4.52. The van der Waals surface area contributed by atoms with Crippen molar-refractivity contribution in [3.63, 3.8) is 0 Å². The number of aliphatic hydroxyl groups excluding tert-OH is 3. The largest absolute Gasteiger partial charge is 0.396 e. The summed E-state index contributed by atoms with van der Waals surface area (Å²) in [5.41, 5.74) is 5.92. The fourth-order valence-corrected chi connectivity index (χ4v) is 3.55. The van der Waals surface area contributed by atoms with Gasteiger partial charge >= 0.3 is 0 Å². The van der Waals surface area contributed by atoms with Crippen molar-refractivity contribution in [1.29, 1.82) is 0 Å². The summed E-state index contributed by atoms with van der Waals surface area (Å²) >= 11 is 0. The molecular weight excluding hydrogens is 194 g/mol. The van der Waals surface area contributed by atoms with Gasteiger partial charge in [0, 0.05) is 12.6 Å². The summed E-state index contributed by atoms with van der Waals surface area (Å²) in [5.74, 6) is 0.0494. The fraction of sp³-hybridized carbons (Fsp3) is 1.00. The Morgan fingerprint density at radius 2 is 1.80 bits per heavy atom. The van der Waals surface area contributed by atoms with Gasteiger partial charge in [-0.1, -0.05) is 12.8 Å². The van der Waals surface area contributed by atoms with Crippen LogP contribution in [0.1, 0.15) is 32.1 Å². The molecule has 4 atom stereocenters. The van der Waals surface area contributed by atoms with Crippen LogP contribution in [0.3, 0.4) is 0 Å².